The predicted octanol–water partition coefficient (Wildman–Crippen LogP) is 5.08. The van der Waals surface area contributed by atoms with Gasteiger partial charge in [0.1, 0.15) is 5.82 Å². The van der Waals surface area contributed by atoms with Gasteiger partial charge in [-0.1, -0.05) is 42.3 Å². The number of benzene rings is 2. The second kappa shape index (κ2) is 8.38. The lowest BCUT2D eigenvalue weighted by atomic mass is 9.92. The van der Waals surface area contributed by atoms with Crippen molar-refractivity contribution in [2.45, 2.75) is 25.7 Å². The van der Waals surface area contributed by atoms with Crippen molar-refractivity contribution >= 4 is 46.5 Å². The molecule has 0 saturated heterocycles. The molecule has 0 radical (unpaired) electrons. The predicted molar refractivity (Wildman–Crippen MR) is 98.2 cm³/mol. The first-order chi connectivity index (χ1) is 12.2. The maximum Gasteiger partial charge on any atom is 0.311 e. The molecule has 0 saturated carbocycles. The van der Waals surface area contributed by atoms with E-state index >= 15 is 0 Å². The van der Waals surface area contributed by atoms with Crippen molar-refractivity contribution in [3.8, 4) is 0 Å². The van der Waals surface area contributed by atoms with Crippen LogP contribution in [0.4, 0.5) is 15.8 Å². The van der Waals surface area contributed by atoms with E-state index in [1.165, 1.54) is 6.07 Å². The van der Waals surface area contributed by atoms with Gasteiger partial charge in [-0.05, 0) is 35.7 Å². The Morgan fingerprint density at radius 3 is 2.42 bits per heavy atom. The number of nitrogens with one attached hydrogen (secondary N) is 1. The molecule has 8 heteroatoms. The molecular weight excluding hydrogens is 384 g/mol. The molecule has 3 N–H and O–H groups in total. The number of aliphatic carboxylic acids is 2. The van der Waals surface area contributed by atoms with Crippen molar-refractivity contribution in [3.63, 3.8) is 0 Å². The molecule has 5 nitrogen and oxygen atoms in total. The second-order valence-corrected chi connectivity index (χ2v) is 6.48. The lowest BCUT2D eigenvalue weighted by Gasteiger charge is -2.19. The molecular formula is C18H16Cl2FNO4. The molecule has 1 atom stereocenters. The minimum absolute atomic E-state index is 0.0191. The number of halogens is 3. The largest absolute Gasteiger partial charge is 0.481 e. The Kier molecular flexibility index (Phi) is 6.45. The number of hydrogen-bond acceptors (Lipinski definition) is 3. The van der Waals surface area contributed by atoms with Gasteiger partial charge in [-0.25, -0.2) is 4.39 Å². The SMILES string of the molecule is CCc1ccc(Nc2c(F)cc(Cl)cc2Cl)c(C(CC(=O)O)C(=O)O)c1. The average Bonchev–Trinajstić information content (AvgIpc) is 2.55. The molecule has 0 aliphatic heterocycles. The maximum atomic E-state index is 14.2. The summed E-state index contributed by atoms with van der Waals surface area (Å²) in [6.07, 6.45) is 0.0246. The molecule has 0 heterocycles. The Morgan fingerprint density at radius 1 is 1.19 bits per heavy atom. The van der Waals surface area contributed by atoms with Gasteiger partial charge < -0.3 is 15.5 Å². The van der Waals surface area contributed by atoms with Gasteiger partial charge in [-0.2, -0.15) is 0 Å². The third-order valence-corrected chi connectivity index (χ3v) is 4.36. The Hall–Kier alpha value is -2.31. The van der Waals surface area contributed by atoms with E-state index in [4.69, 9.17) is 28.3 Å². The van der Waals surface area contributed by atoms with Crippen molar-refractivity contribution in [1.29, 1.82) is 0 Å². The van der Waals surface area contributed by atoms with Crippen LogP contribution in [0.15, 0.2) is 30.3 Å². The van der Waals surface area contributed by atoms with E-state index in [1.54, 1.807) is 18.2 Å². The molecule has 2 rings (SSSR count). The number of carboxylic acids is 2. The summed E-state index contributed by atoms with van der Waals surface area (Å²) in [5.74, 6) is -4.54. The first-order valence-corrected chi connectivity index (χ1v) is 8.47. The topological polar surface area (TPSA) is 86.6 Å². The fraction of sp³-hybridized carbons (Fsp3) is 0.222. The number of anilines is 2. The smallest absolute Gasteiger partial charge is 0.311 e. The third-order valence-electron chi connectivity index (χ3n) is 3.84. The van der Waals surface area contributed by atoms with Gasteiger partial charge in [0.05, 0.1) is 23.0 Å². The molecule has 0 aromatic heterocycles. The van der Waals surface area contributed by atoms with Crippen molar-refractivity contribution in [1.82, 2.24) is 0 Å². The molecule has 1 unspecified atom stereocenters. The Bertz CT molecular complexity index is 834. The lowest BCUT2D eigenvalue weighted by molar-refractivity contribution is -0.145. The van der Waals surface area contributed by atoms with Gasteiger partial charge in [-0.15, -0.1) is 0 Å². The van der Waals surface area contributed by atoms with Crippen LogP contribution in [0.2, 0.25) is 10.0 Å². The fourth-order valence-corrected chi connectivity index (χ4v) is 3.05. The molecule has 0 amide bonds. The van der Waals surface area contributed by atoms with E-state index in [0.717, 1.165) is 11.6 Å². The summed E-state index contributed by atoms with van der Waals surface area (Å²) in [6, 6.07) is 7.34. The number of carboxylic acid groups (broad SMARTS) is 2. The highest BCUT2D eigenvalue weighted by molar-refractivity contribution is 6.36. The summed E-state index contributed by atoms with van der Waals surface area (Å²) < 4.78 is 14.2. The van der Waals surface area contributed by atoms with Crippen LogP contribution in [-0.2, 0) is 16.0 Å². The zero-order valence-electron chi connectivity index (χ0n) is 13.7. The molecule has 0 aliphatic rings. The number of aryl methyl sites for hydroxylation is 1. The van der Waals surface area contributed by atoms with Crippen LogP contribution in [0.3, 0.4) is 0 Å². The first kappa shape index (κ1) is 20.0. The van der Waals surface area contributed by atoms with Crippen LogP contribution in [-0.4, -0.2) is 22.2 Å². The first-order valence-electron chi connectivity index (χ1n) is 7.71. The highest BCUT2D eigenvalue weighted by atomic mass is 35.5. The summed E-state index contributed by atoms with van der Waals surface area (Å²) in [5.41, 5.74) is 1.26. The van der Waals surface area contributed by atoms with E-state index in [1.807, 2.05) is 6.92 Å². The van der Waals surface area contributed by atoms with Gasteiger partial charge in [0.15, 0.2) is 0 Å². The van der Waals surface area contributed by atoms with Crippen LogP contribution >= 0.6 is 23.2 Å². The van der Waals surface area contributed by atoms with Crippen LogP contribution in [0.5, 0.6) is 0 Å². The minimum atomic E-state index is -1.30. The van der Waals surface area contributed by atoms with Crippen LogP contribution in [0, 0.1) is 5.82 Å². The maximum absolute atomic E-state index is 14.2. The van der Waals surface area contributed by atoms with Gasteiger partial charge in [0.25, 0.3) is 0 Å². The van der Waals surface area contributed by atoms with E-state index < -0.39 is 30.1 Å². The molecule has 2 aromatic rings. The summed E-state index contributed by atoms with van der Waals surface area (Å²) in [7, 11) is 0. The lowest BCUT2D eigenvalue weighted by Crippen LogP contribution is -2.17. The van der Waals surface area contributed by atoms with E-state index in [9.17, 15) is 19.1 Å². The summed E-state index contributed by atoms with van der Waals surface area (Å²) >= 11 is 11.8. The van der Waals surface area contributed by atoms with Crippen LogP contribution in [0.1, 0.15) is 30.4 Å². The number of carbonyl (C=O) groups is 2. The molecule has 138 valence electrons. The van der Waals surface area contributed by atoms with Crippen molar-refractivity contribution < 1.29 is 24.2 Å². The normalized spacial score (nSPS) is 11.8. The molecule has 0 aliphatic carbocycles. The standard InChI is InChI=1S/C18H16Cl2FNO4/c1-2-9-3-4-15(11(5-9)12(18(25)26)8-16(23)24)22-17-13(20)6-10(19)7-14(17)21/h3-7,12,22H,2,8H2,1H3,(H,23,24)(H,25,26). The zero-order chi connectivity index (χ0) is 19.4. The molecule has 0 bridgehead atoms. The zero-order valence-corrected chi connectivity index (χ0v) is 15.2. The van der Waals surface area contributed by atoms with Crippen molar-refractivity contribution in [3.05, 3.63) is 57.3 Å². The van der Waals surface area contributed by atoms with Gasteiger partial charge in [0.2, 0.25) is 0 Å². The van der Waals surface area contributed by atoms with Crippen molar-refractivity contribution in [2.75, 3.05) is 5.32 Å². The van der Waals surface area contributed by atoms with Crippen LogP contribution in [0.25, 0.3) is 0 Å². The van der Waals surface area contributed by atoms with Crippen LogP contribution < -0.4 is 5.32 Å². The number of rotatable bonds is 7. The van der Waals surface area contributed by atoms with E-state index in [0.29, 0.717) is 6.42 Å². The average molecular weight is 400 g/mol. The Labute approximate surface area is 159 Å². The molecule has 0 spiro atoms. The third kappa shape index (κ3) is 4.65. The second-order valence-electron chi connectivity index (χ2n) is 5.63. The van der Waals surface area contributed by atoms with E-state index in [2.05, 4.69) is 5.32 Å². The minimum Gasteiger partial charge on any atom is -0.481 e. The number of hydrogen-bond donors (Lipinski definition) is 3. The van der Waals surface area contributed by atoms with Gasteiger partial charge in [0, 0.05) is 10.7 Å². The van der Waals surface area contributed by atoms with E-state index in [-0.39, 0.29) is 27.0 Å². The molecule has 2 aromatic carbocycles. The van der Waals surface area contributed by atoms with Gasteiger partial charge in [-0.3, -0.25) is 9.59 Å². The Balaban J connectivity index is 2.55. The van der Waals surface area contributed by atoms with Crippen molar-refractivity contribution in [2.24, 2.45) is 0 Å². The fourth-order valence-electron chi connectivity index (χ4n) is 2.54. The van der Waals surface area contributed by atoms with Gasteiger partial charge >= 0.3 is 11.9 Å². The highest BCUT2D eigenvalue weighted by Crippen LogP contribution is 2.36. The monoisotopic (exact) mass is 399 g/mol. The summed E-state index contributed by atoms with van der Waals surface area (Å²) in [4.78, 5) is 22.7. The quantitative estimate of drug-likeness (QED) is 0.603. The summed E-state index contributed by atoms with van der Waals surface area (Å²) in [6.45, 7) is 1.88. The molecule has 26 heavy (non-hydrogen) atoms. The molecule has 0 fully saturated rings. The summed E-state index contributed by atoms with van der Waals surface area (Å²) in [5, 5.41) is 21.4. The Morgan fingerprint density at radius 2 is 1.88 bits per heavy atom. The highest BCUT2D eigenvalue weighted by Gasteiger charge is 2.26.